The SMILES string of the molecule is O=C(c1ccccc1)N1CC(=O)N2[C@@H](CO)[C@H](c3ccc(C#CC4CC4)cc3)[C@@H]2C1. The molecular weight excluding hydrogens is 376 g/mol. The second-order valence-electron chi connectivity index (χ2n) is 8.36. The van der Waals surface area contributed by atoms with E-state index < -0.39 is 0 Å². The predicted molar refractivity (Wildman–Crippen MR) is 113 cm³/mol. The van der Waals surface area contributed by atoms with E-state index in [-0.39, 0.29) is 43.0 Å². The quantitative estimate of drug-likeness (QED) is 0.804. The number of fused-ring (bicyclic) bond motifs is 1. The first-order chi connectivity index (χ1) is 14.7. The Morgan fingerprint density at radius 2 is 1.80 bits per heavy atom. The third-order valence-electron chi connectivity index (χ3n) is 6.35. The molecule has 2 aromatic rings. The summed E-state index contributed by atoms with van der Waals surface area (Å²) < 4.78 is 0. The number of carbonyl (C=O) groups excluding carboxylic acids is 2. The van der Waals surface area contributed by atoms with E-state index in [1.54, 1.807) is 21.9 Å². The number of piperazine rings is 1. The molecule has 3 aliphatic rings. The Labute approximate surface area is 176 Å². The minimum atomic E-state index is -0.236. The standard InChI is InChI=1S/C25H24N2O3/c28-16-22-24(19-12-10-18(11-13-19)9-8-17-6-7-17)21-14-26(15-23(29)27(21)22)25(30)20-4-2-1-3-5-20/h1-5,10-13,17,21-22,24,28H,6-7,14-16H2/t21-,22-,24+/m0/s1. The van der Waals surface area contributed by atoms with Gasteiger partial charge >= 0.3 is 0 Å². The molecule has 2 amide bonds. The number of aliphatic hydroxyl groups is 1. The van der Waals surface area contributed by atoms with Crippen molar-refractivity contribution in [1.82, 2.24) is 9.80 Å². The monoisotopic (exact) mass is 400 g/mol. The van der Waals surface area contributed by atoms with Gasteiger partial charge in [-0.2, -0.15) is 0 Å². The molecule has 5 heteroatoms. The zero-order valence-electron chi connectivity index (χ0n) is 16.7. The minimum absolute atomic E-state index is 0.00997. The number of rotatable bonds is 3. The first kappa shape index (κ1) is 18.9. The molecule has 5 rings (SSSR count). The smallest absolute Gasteiger partial charge is 0.254 e. The van der Waals surface area contributed by atoms with Crippen LogP contribution in [0.5, 0.6) is 0 Å². The summed E-state index contributed by atoms with van der Waals surface area (Å²) >= 11 is 0. The molecule has 2 aliphatic heterocycles. The van der Waals surface area contributed by atoms with Crippen LogP contribution in [0.2, 0.25) is 0 Å². The molecule has 0 unspecified atom stereocenters. The van der Waals surface area contributed by atoms with E-state index in [2.05, 4.69) is 11.8 Å². The summed E-state index contributed by atoms with van der Waals surface area (Å²) in [6.45, 7) is 0.454. The number of carbonyl (C=O) groups is 2. The fourth-order valence-electron chi connectivity index (χ4n) is 4.62. The van der Waals surface area contributed by atoms with Gasteiger partial charge in [-0.1, -0.05) is 42.2 Å². The van der Waals surface area contributed by atoms with Crippen molar-refractivity contribution in [3.8, 4) is 11.8 Å². The van der Waals surface area contributed by atoms with Crippen LogP contribution in [0.25, 0.3) is 0 Å². The lowest BCUT2D eigenvalue weighted by Crippen LogP contribution is -2.73. The van der Waals surface area contributed by atoms with Gasteiger partial charge in [-0.05, 0) is 42.7 Å². The summed E-state index contributed by atoms with van der Waals surface area (Å²) in [5, 5.41) is 9.94. The molecule has 0 bridgehead atoms. The van der Waals surface area contributed by atoms with Crippen LogP contribution in [0.15, 0.2) is 54.6 Å². The zero-order chi connectivity index (χ0) is 20.7. The fourth-order valence-corrected chi connectivity index (χ4v) is 4.62. The summed E-state index contributed by atoms with van der Waals surface area (Å²) in [4.78, 5) is 29.0. The summed E-state index contributed by atoms with van der Waals surface area (Å²) in [6.07, 6.45) is 2.41. The third-order valence-corrected chi connectivity index (χ3v) is 6.35. The van der Waals surface area contributed by atoms with Gasteiger partial charge in [0.1, 0.15) is 6.54 Å². The highest BCUT2D eigenvalue weighted by Gasteiger charge is 2.54. The van der Waals surface area contributed by atoms with Gasteiger partial charge in [0.25, 0.3) is 5.91 Å². The Hall–Kier alpha value is -3.10. The second kappa shape index (κ2) is 7.62. The molecule has 3 atom stereocenters. The normalized spacial score (nSPS) is 25.1. The van der Waals surface area contributed by atoms with E-state index in [9.17, 15) is 14.7 Å². The van der Waals surface area contributed by atoms with Crippen LogP contribution < -0.4 is 0 Å². The maximum atomic E-state index is 12.9. The van der Waals surface area contributed by atoms with E-state index in [1.807, 2.05) is 42.5 Å². The largest absolute Gasteiger partial charge is 0.394 e. The Bertz CT molecular complexity index is 1020. The van der Waals surface area contributed by atoms with Crippen LogP contribution in [0, 0.1) is 17.8 Å². The number of benzene rings is 2. The molecule has 1 aliphatic carbocycles. The molecule has 0 spiro atoms. The van der Waals surface area contributed by atoms with Gasteiger partial charge in [-0.15, -0.1) is 0 Å². The van der Waals surface area contributed by atoms with Gasteiger partial charge in [0.15, 0.2) is 0 Å². The van der Waals surface area contributed by atoms with Gasteiger partial charge in [0.2, 0.25) is 5.91 Å². The maximum Gasteiger partial charge on any atom is 0.254 e. The van der Waals surface area contributed by atoms with Crippen molar-refractivity contribution in [3.63, 3.8) is 0 Å². The van der Waals surface area contributed by atoms with Crippen molar-refractivity contribution in [2.75, 3.05) is 19.7 Å². The predicted octanol–water partition coefficient (Wildman–Crippen LogP) is 2.26. The van der Waals surface area contributed by atoms with E-state index in [0.29, 0.717) is 18.0 Å². The van der Waals surface area contributed by atoms with Crippen LogP contribution in [0.4, 0.5) is 0 Å². The van der Waals surface area contributed by atoms with E-state index in [1.165, 1.54) is 12.8 Å². The van der Waals surface area contributed by atoms with Gasteiger partial charge in [0, 0.05) is 29.5 Å². The molecule has 5 nitrogen and oxygen atoms in total. The van der Waals surface area contributed by atoms with Crippen LogP contribution in [-0.2, 0) is 4.79 Å². The van der Waals surface area contributed by atoms with Gasteiger partial charge in [-0.3, -0.25) is 9.59 Å². The first-order valence-electron chi connectivity index (χ1n) is 10.5. The second-order valence-corrected chi connectivity index (χ2v) is 8.36. The van der Waals surface area contributed by atoms with Crippen molar-refractivity contribution in [2.45, 2.75) is 30.8 Å². The van der Waals surface area contributed by atoms with E-state index in [4.69, 9.17) is 0 Å². The fraction of sp³-hybridized carbons (Fsp3) is 0.360. The lowest BCUT2D eigenvalue weighted by molar-refractivity contribution is -0.159. The van der Waals surface area contributed by atoms with Crippen molar-refractivity contribution < 1.29 is 14.7 Å². The number of nitrogens with zero attached hydrogens (tertiary/aromatic N) is 2. The first-order valence-corrected chi connectivity index (χ1v) is 10.5. The van der Waals surface area contributed by atoms with E-state index in [0.717, 1.165) is 11.1 Å². The molecule has 1 N–H and O–H groups in total. The molecule has 3 fully saturated rings. The molecule has 0 radical (unpaired) electrons. The minimum Gasteiger partial charge on any atom is -0.394 e. The lowest BCUT2D eigenvalue weighted by atomic mass is 9.73. The van der Waals surface area contributed by atoms with E-state index >= 15 is 0 Å². The number of amides is 2. The summed E-state index contributed by atoms with van der Waals surface area (Å²) in [7, 11) is 0. The highest BCUT2D eigenvalue weighted by molar-refractivity contribution is 5.97. The maximum absolute atomic E-state index is 12.9. The summed E-state index contributed by atoms with van der Waals surface area (Å²) in [6, 6.07) is 16.8. The Morgan fingerprint density at radius 3 is 2.47 bits per heavy atom. The molecule has 0 aromatic heterocycles. The third kappa shape index (κ3) is 3.38. The Balaban J connectivity index is 1.36. The van der Waals surface area contributed by atoms with Crippen LogP contribution in [0.1, 0.15) is 40.2 Å². The summed E-state index contributed by atoms with van der Waals surface area (Å²) in [5.74, 6) is 6.83. The molecule has 2 saturated heterocycles. The molecule has 1 saturated carbocycles. The average molecular weight is 400 g/mol. The average Bonchev–Trinajstić information content (AvgIpc) is 3.59. The zero-order valence-corrected chi connectivity index (χ0v) is 16.7. The lowest BCUT2D eigenvalue weighted by Gasteiger charge is -2.58. The number of aliphatic hydroxyl groups excluding tert-OH is 1. The summed E-state index contributed by atoms with van der Waals surface area (Å²) in [5.41, 5.74) is 2.66. The highest BCUT2D eigenvalue weighted by Crippen LogP contribution is 2.43. The molecular formula is C25H24N2O3. The van der Waals surface area contributed by atoms with Gasteiger partial charge < -0.3 is 14.9 Å². The number of hydrogen-bond acceptors (Lipinski definition) is 3. The van der Waals surface area contributed by atoms with Crippen LogP contribution in [-0.4, -0.2) is 58.5 Å². The molecule has 30 heavy (non-hydrogen) atoms. The van der Waals surface area contributed by atoms with Crippen molar-refractivity contribution in [1.29, 1.82) is 0 Å². The van der Waals surface area contributed by atoms with Crippen LogP contribution in [0.3, 0.4) is 0 Å². The molecule has 2 aromatic carbocycles. The van der Waals surface area contributed by atoms with Gasteiger partial charge in [0.05, 0.1) is 18.7 Å². The van der Waals surface area contributed by atoms with Crippen molar-refractivity contribution in [2.24, 2.45) is 5.92 Å². The van der Waals surface area contributed by atoms with Gasteiger partial charge in [-0.25, -0.2) is 0 Å². The van der Waals surface area contributed by atoms with Crippen molar-refractivity contribution >= 4 is 11.8 Å². The van der Waals surface area contributed by atoms with Crippen LogP contribution >= 0.6 is 0 Å². The number of hydrogen-bond donors (Lipinski definition) is 1. The highest BCUT2D eigenvalue weighted by atomic mass is 16.3. The Morgan fingerprint density at radius 1 is 1.07 bits per heavy atom. The Kier molecular flexibility index (Phi) is 4.80. The van der Waals surface area contributed by atoms with Crippen molar-refractivity contribution in [3.05, 3.63) is 71.3 Å². The molecule has 2 heterocycles. The molecule has 152 valence electrons. The topological polar surface area (TPSA) is 60.9 Å².